The van der Waals surface area contributed by atoms with Crippen LogP contribution in [0.2, 0.25) is 0 Å². The number of hydrogen-bond acceptors (Lipinski definition) is 2. The summed E-state index contributed by atoms with van der Waals surface area (Å²) >= 11 is 1.32. The molecule has 0 amide bonds. The quantitative estimate of drug-likeness (QED) is 0.742. The summed E-state index contributed by atoms with van der Waals surface area (Å²) in [5.74, 6) is 0. The Morgan fingerprint density at radius 2 is 2.14 bits per heavy atom. The number of para-hydroxylation sites is 1. The first-order valence-corrected chi connectivity index (χ1v) is 5.62. The van der Waals surface area contributed by atoms with Gasteiger partial charge in [-0.1, -0.05) is 19.1 Å². The minimum atomic E-state index is 0.168. The number of fused-ring (bicyclic) bond motifs is 1. The van der Waals surface area contributed by atoms with Crippen molar-refractivity contribution in [2.75, 3.05) is 0 Å². The highest BCUT2D eigenvalue weighted by molar-refractivity contribution is 7.05. The summed E-state index contributed by atoms with van der Waals surface area (Å²) in [5.41, 5.74) is 1.07. The largest absolute Gasteiger partial charge is 0.291 e. The summed E-state index contributed by atoms with van der Waals surface area (Å²) < 4.78 is 2.28. The molecule has 0 N–H and O–H groups in total. The van der Waals surface area contributed by atoms with Crippen molar-refractivity contribution in [3.05, 3.63) is 33.8 Å². The van der Waals surface area contributed by atoms with Gasteiger partial charge in [0.1, 0.15) is 0 Å². The molecule has 0 aliphatic carbocycles. The second-order valence-electron chi connectivity index (χ2n) is 3.48. The van der Waals surface area contributed by atoms with E-state index in [0.29, 0.717) is 6.04 Å². The lowest BCUT2D eigenvalue weighted by Gasteiger charge is -2.10. The summed E-state index contributed by atoms with van der Waals surface area (Å²) in [7, 11) is 0. The predicted octanol–water partition coefficient (Wildman–Crippen LogP) is 3.03. The lowest BCUT2D eigenvalue weighted by molar-refractivity contribution is 0.583. The van der Waals surface area contributed by atoms with Crippen LogP contribution in [0.15, 0.2) is 29.1 Å². The van der Waals surface area contributed by atoms with Crippen molar-refractivity contribution >= 4 is 22.4 Å². The third kappa shape index (κ3) is 1.38. The van der Waals surface area contributed by atoms with Gasteiger partial charge in [-0.15, -0.1) is 0 Å². The number of benzene rings is 1. The van der Waals surface area contributed by atoms with Crippen molar-refractivity contribution in [1.82, 2.24) is 3.96 Å². The highest BCUT2D eigenvalue weighted by Crippen LogP contribution is 2.21. The SMILES string of the molecule is CCC(C)n1sc(=O)c2ccccc21. The lowest BCUT2D eigenvalue weighted by atomic mass is 10.2. The van der Waals surface area contributed by atoms with E-state index in [1.165, 1.54) is 11.5 Å². The van der Waals surface area contributed by atoms with Crippen LogP contribution >= 0.6 is 11.5 Å². The highest BCUT2D eigenvalue weighted by atomic mass is 32.1. The van der Waals surface area contributed by atoms with Gasteiger partial charge in [-0.05, 0) is 37.0 Å². The minimum Gasteiger partial charge on any atom is -0.291 e. The maximum absolute atomic E-state index is 11.6. The molecule has 1 aromatic heterocycles. The molecule has 74 valence electrons. The monoisotopic (exact) mass is 207 g/mol. The van der Waals surface area contributed by atoms with Crippen LogP contribution in [-0.4, -0.2) is 3.96 Å². The Hall–Kier alpha value is -1.09. The highest BCUT2D eigenvalue weighted by Gasteiger charge is 2.09. The zero-order valence-electron chi connectivity index (χ0n) is 8.36. The normalized spacial score (nSPS) is 13.3. The van der Waals surface area contributed by atoms with Crippen molar-refractivity contribution in [3.8, 4) is 0 Å². The van der Waals surface area contributed by atoms with Crippen LogP contribution in [0.5, 0.6) is 0 Å². The molecule has 0 radical (unpaired) electrons. The molecule has 2 nitrogen and oxygen atoms in total. The Bertz CT molecular complexity index is 497. The summed E-state index contributed by atoms with van der Waals surface area (Å²) in [4.78, 5) is 11.6. The number of aromatic nitrogens is 1. The summed E-state index contributed by atoms with van der Waals surface area (Å²) in [6, 6.07) is 8.21. The zero-order chi connectivity index (χ0) is 10.1. The molecule has 3 heteroatoms. The van der Waals surface area contributed by atoms with Gasteiger partial charge in [-0.25, -0.2) is 0 Å². The van der Waals surface area contributed by atoms with Crippen LogP contribution in [0.1, 0.15) is 26.3 Å². The molecule has 2 aromatic rings. The molecular formula is C11H13NOS. The van der Waals surface area contributed by atoms with Gasteiger partial charge in [0.15, 0.2) is 0 Å². The Morgan fingerprint density at radius 1 is 1.43 bits per heavy atom. The van der Waals surface area contributed by atoms with Crippen molar-refractivity contribution in [2.24, 2.45) is 0 Å². The van der Waals surface area contributed by atoms with Gasteiger partial charge >= 0.3 is 0 Å². The second-order valence-corrected chi connectivity index (χ2v) is 4.43. The molecule has 0 aliphatic rings. The van der Waals surface area contributed by atoms with Crippen molar-refractivity contribution in [3.63, 3.8) is 0 Å². The maximum Gasteiger partial charge on any atom is 0.257 e. The molecule has 0 saturated carbocycles. The van der Waals surface area contributed by atoms with Gasteiger partial charge in [0.05, 0.1) is 10.9 Å². The minimum absolute atomic E-state index is 0.168. The number of hydrogen-bond donors (Lipinski definition) is 0. The number of nitrogens with zero attached hydrogens (tertiary/aromatic N) is 1. The lowest BCUT2D eigenvalue weighted by Crippen LogP contribution is -1.99. The Morgan fingerprint density at radius 3 is 2.86 bits per heavy atom. The van der Waals surface area contributed by atoms with E-state index < -0.39 is 0 Å². The molecule has 0 aliphatic heterocycles. The molecule has 1 heterocycles. The predicted molar refractivity (Wildman–Crippen MR) is 61.1 cm³/mol. The van der Waals surface area contributed by atoms with Gasteiger partial charge in [-0.3, -0.25) is 8.75 Å². The van der Waals surface area contributed by atoms with Crippen LogP contribution in [0.4, 0.5) is 0 Å². The molecule has 1 atom stereocenters. The zero-order valence-corrected chi connectivity index (χ0v) is 9.17. The van der Waals surface area contributed by atoms with E-state index in [2.05, 4.69) is 17.8 Å². The smallest absolute Gasteiger partial charge is 0.257 e. The first-order chi connectivity index (χ1) is 6.74. The van der Waals surface area contributed by atoms with E-state index in [4.69, 9.17) is 0 Å². The first-order valence-electron chi connectivity index (χ1n) is 4.84. The third-order valence-electron chi connectivity index (χ3n) is 2.53. The fourth-order valence-corrected chi connectivity index (χ4v) is 2.56. The first kappa shape index (κ1) is 9.46. The van der Waals surface area contributed by atoms with Crippen LogP contribution in [0.3, 0.4) is 0 Å². The van der Waals surface area contributed by atoms with Gasteiger partial charge < -0.3 is 0 Å². The average molecular weight is 207 g/mol. The van der Waals surface area contributed by atoms with Gasteiger partial charge in [0.2, 0.25) is 0 Å². The fraction of sp³-hybridized carbons (Fsp3) is 0.364. The van der Waals surface area contributed by atoms with Gasteiger partial charge in [0.25, 0.3) is 4.74 Å². The molecule has 0 fully saturated rings. The van der Waals surface area contributed by atoms with E-state index >= 15 is 0 Å². The standard InChI is InChI=1S/C11H13NOS/c1-3-8(2)12-10-7-5-4-6-9(10)11(13)14-12/h4-8H,3H2,1-2H3. The van der Waals surface area contributed by atoms with Crippen molar-refractivity contribution < 1.29 is 0 Å². The third-order valence-corrected chi connectivity index (χ3v) is 3.67. The molecule has 0 bridgehead atoms. The van der Waals surface area contributed by atoms with Crippen LogP contribution in [0.25, 0.3) is 10.9 Å². The van der Waals surface area contributed by atoms with Crippen LogP contribution in [-0.2, 0) is 0 Å². The molecule has 1 aromatic carbocycles. The summed E-state index contributed by atoms with van der Waals surface area (Å²) in [5, 5.41) is 0.845. The summed E-state index contributed by atoms with van der Waals surface area (Å²) in [6.45, 7) is 4.28. The van der Waals surface area contributed by atoms with E-state index in [1.807, 2.05) is 24.3 Å². The topological polar surface area (TPSA) is 22.0 Å². The molecule has 14 heavy (non-hydrogen) atoms. The summed E-state index contributed by atoms with van der Waals surface area (Å²) in [6.07, 6.45) is 1.05. The van der Waals surface area contributed by atoms with E-state index in [0.717, 1.165) is 17.3 Å². The fourth-order valence-electron chi connectivity index (χ4n) is 1.52. The van der Waals surface area contributed by atoms with Gasteiger partial charge in [-0.2, -0.15) is 0 Å². The van der Waals surface area contributed by atoms with Gasteiger partial charge in [0, 0.05) is 6.04 Å². The molecule has 0 saturated heterocycles. The van der Waals surface area contributed by atoms with Crippen LogP contribution < -0.4 is 4.74 Å². The Balaban J connectivity index is 2.73. The van der Waals surface area contributed by atoms with E-state index in [9.17, 15) is 4.79 Å². The van der Waals surface area contributed by atoms with E-state index in [-0.39, 0.29) is 4.74 Å². The Kier molecular flexibility index (Phi) is 2.42. The molecular weight excluding hydrogens is 194 g/mol. The van der Waals surface area contributed by atoms with Crippen molar-refractivity contribution in [2.45, 2.75) is 26.3 Å². The molecule has 2 rings (SSSR count). The molecule has 1 unspecified atom stereocenters. The maximum atomic E-state index is 11.6. The molecule has 0 spiro atoms. The average Bonchev–Trinajstić information content (AvgIpc) is 2.56. The van der Waals surface area contributed by atoms with E-state index in [1.54, 1.807) is 0 Å². The van der Waals surface area contributed by atoms with Crippen LogP contribution in [0, 0.1) is 0 Å². The number of rotatable bonds is 2. The Labute approximate surface area is 86.9 Å². The second kappa shape index (κ2) is 3.58. The van der Waals surface area contributed by atoms with Crippen molar-refractivity contribution in [1.29, 1.82) is 0 Å².